The lowest BCUT2D eigenvalue weighted by Gasteiger charge is -2.11. The molecule has 5 nitrogen and oxygen atoms in total. The number of nitro groups is 1. The number of halogens is 1. The molecule has 0 aliphatic carbocycles. The van der Waals surface area contributed by atoms with Gasteiger partial charge in [0.25, 0.3) is 5.69 Å². The van der Waals surface area contributed by atoms with Gasteiger partial charge in [-0.1, -0.05) is 18.5 Å². The Morgan fingerprint density at radius 1 is 1.62 bits per heavy atom. The van der Waals surface area contributed by atoms with Crippen LogP contribution in [0.1, 0.15) is 6.92 Å². The van der Waals surface area contributed by atoms with Gasteiger partial charge < -0.3 is 10.5 Å². The van der Waals surface area contributed by atoms with E-state index in [4.69, 9.17) is 22.1 Å². The van der Waals surface area contributed by atoms with Gasteiger partial charge >= 0.3 is 0 Å². The molecule has 0 radical (unpaired) electrons. The number of ether oxygens (including phenoxy) is 1. The van der Waals surface area contributed by atoms with Crippen LogP contribution in [0.5, 0.6) is 5.75 Å². The number of benzene rings is 1. The average molecular weight is 245 g/mol. The smallest absolute Gasteiger partial charge is 0.271 e. The number of hydrogen-bond donors (Lipinski definition) is 1. The van der Waals surface area contributed by atoms with Crippen molar-refractivity contribution in [2.24, 2.45) is 11.7 Å². The zero-order chi connectivity index (χ0) is 12.1. The van der Waals surface area contributed by atoms with E-state index in [9.17, 15) is 10.1 Å². The van der Waals surface area contributed by atoms with Crippen LogP contribution in [0.4, 0.5) is 5.69 Å². The van der Waals surface area contributed by atoms with Crippen molar-refractivity contribution in [3.8, 4) is 5.75 Å². The van der Waals surface area contributed by atoms with Crippen LogP contribution in [-0.2, 0) is 0 Å². The highest BCUT2D eigenvalue weighted by Gasteiger charge is 2.10. The highest BCUT2D eigenvalue weighted by Crippen LogP contribution is 2.28. The summed E-state index contributed by atoms with van der Waals surface area (Å²) in [5.74, 6) is 0.652. The lowest BCUT2D eigenvalue weighted by Crippen LogP contribution is -2.18. The van der Waals surface area contributed by atoms with Crippen molar-refractivity contribution in [3.05, 3.63) is 33.3 Å². The van der Waals surface area contributed by atoms with Crippen LogP contribution in [0.15, 0.2) is 18.2 Å². The molecule has 0 bridgehead atoms. The van der Waals surface area contributed by atoms with Gasteiger partial charge in [-0.15, -0.1) is 0 Å². The molecule has 0 saturated heterocycles. The second-order valence-electron chi connectivity index (χ2n) is 3.52. The standard InChI is InChI=1S/C10H13ClN2O3/c1-7(5-12)6-16-10-3-2-8(13(14)15)4-9(10)11/h2-4,7H,5-6,12H2,1H3. The van der Waals surface area contributed by atoms with Gasteiger partial charge in [0.1, 0.15) is 5.75 Å². The molecule has 1 aromatic rings. The Labute approximate surface area is 98.3 Å². The summed E-state index contributed by atoms with van der Waals surface area (Å²) in [7, 11) is 0. The molecule has 1 rings (SSSR count). The molecule has 1 atom stereocenters. The van der Waals surface area contributed by atoms with Gasteiger partial charge in [-0.05, 0) is 12.6 Å². The summed E-state index contributed by atoms with van der Waals surface area (Å²) in [4.78, 5) is 9.96. The predicted octanol–water partition coefficient (Wildman–Crippen LogP) is 2.22. The Morgan fingerprint density at radius 2 is 2.31 bits per heavy atom. The van der Waals surface area contributed by atoms with E-state index in [0.717, 1.165) is 0 Å². The van der Waals surface area contributed by atoms with Crippen LogP contribution >= 0.6 is 11.6 Å². The van der Waals surface area contributed by atoms with Gasteiger partial charge in [0.15, 0.2) is 0 Å². The van der Waals surface area contributed by atoms with Crippen LogP contribution < -0.4 is 10.5 Å². The largest absolute Gasteiger partial charge is 0.492 e. The van der Waals surface area contributed by atoms with E-state index in [1.54, 1.807) is 0 Å². The maximum Gasteiger partial charge on any atom is 0.271 e. The fourth-order valence-corrected chi connectivity index (χ4v) is 1.25. The van der Waals surface area contributed by atoms with Crippen LogP contribution in [0.2, 0.25) is 5.02 Å². The summed E-state index contributed by atoms with van der Waals surface area (Å²) in [6.45, 7) is 2.90. The summed E-state index contributed by atoms with van der Waals surface area (Å²) in [6, 6.07) is 4.11. The summed E-state index contributed by atoms with van der Waals surface area (Å²) in [5.41, 5.74) is 5.38. The molecule has 0 aliphatic rings. The van der Waals surface area contributed by atoms with Gasteiger partial charge in [0.05, 0.1) is 16.6 Å². The highest BCUT2D eigenvalue weighted by molar-refractivity contribution is 6.32. The topological polar surface area (TPSA) is 78.4 Å². The van der Waals surface area contributed by atoms with Crippen molar-refractivity contribution in [1.29, 1.82) is 0 Å². The van der Waals surface area contributed by atoms with Gasteiger partial charge in [-0.2, -0.15) is 0 Å². The molecule has 2 N–H and O–H groups in total. The Bertz CT molecular complexity index is 384. The normalized spacial score (nSPS) is 12.2. The Kier molecular flexibility index (Phi) is 4.52. The van der Waals surface area contributed by atoms with Crippen LogP contribution in [0.25, 0.3) is 0 Å². The van der Waals surface area contributed by atoms with Crippen LogP contribution in [0, 0.1) is 16.0 Å². The van der Waals surface area contributed by atoms with E-state index in [1.165, 1.54) is 18.2 Å². The minimum Gasteiger partial charge on any atom is -0.492 e. The van der Waals surface area contributed by atoms with E-state index in [0.29, 0.717) is 18.9 Å². The molecule has 0 aliphatic heterocycles. The Balaban J connectivity index is 2.72. The minimum atomic E-state index is -0.502. The number of nitro benzene ring substituents is 1. The van der Waals surface area contributed by atoms with Crippen molar-refractivity contribution in [3.63, 3.8) is 0 Å². The fourth-order valence-electron chi connectivity index (χ4n) is 1.02. The summed E-state index contributed by atoms with van der Waals surface area (Å²) in [5, 5.41) is 10.7. The zero-order valence-corrected chi connectivity index (χ0v) is 9.61. The molecule has 0 amide bonds. The molecule has 88 valence electrons. The molecular weight excluding hydrogens is 232 g/mol. The second-order valence-corrected chi connectivity index (χ2v) is 3.93. The monoisotopic (exact) mass is 244 g/mol. The molecule has 0 spiro atoms. The van der Waals surface area contributed by atoms with E-state index in [2.05, 4.69) is 0 Å². The van der Waals surface area contributed by atoms with E-state index in [-0.39, 0.29) is 16.6 Å². The highest BCUT2D eigenvalue weighted by atomic mass is 35.5. The number of hydrogen-bond acceptors (Lipinski definition) is 4. The van der Waals surface area contributed by atoms with Crippen LogP contribution in [0.3, 0.4) is 0 Å². The van der Waals surface area contributed by atoms with Crippen molar-refractivity contribution >= 4 is 17.3 Å². The maximum absolute atomic E-state index is 10.5. The number of non-ortho nitro benzene ring substituents is 1. The molecule has 0 saturated carbocycles. The first kappa shape index (κ1) is 12.7. The van der Waals surface area contributed by atoms with Crippen molar-refractivity contribution in [2.75, 3.05) is 13.2 Å². The number of rotatable bonds is 5. The summed E-state index contributed by atoms with van der Waals surface area (Å²) < 4.78 is 5.39. The third-order valence-electron chi connectivity index (χ3n) is 2.05. The van der Waals surface area contributed by atoms with Crippen LogP contribution in [-0.4, -0.2) is 18.1 Å². The van der Waals surface area contributed by atoms with Crippen molar-refractivity contribution in [1.82, 2.24) is 0 Å². The van der Waals surface area contributed by atoms with Crippen molar-refractivity contribution in [2.45, 2.75) is 6.92 Å². The minimum absolute atomic E-state index is 0.0516. The second kappa shape index (κ2) is 5.67. The first-order valence-corrected chi connectivity index (χ1v) is 5.19. The molecule has 0 heterocycles. The molecule has 6 heteroatoms. The first-order chi connectivity index (χ1) is 7.54. The Hall–Kier alpha value is -1.33. The first-order valence-electron chi connectivity index (χ1n) is 4.81. The Morgan fingerprint density at radius 3 is 2.81 bits per heavy atom. The fraction of sp³-hybridized carbons (Fsp3) is 0.400. The quantitative estimate of drug-likeness (QED) is 0.636. The predicted molar refractivity (Wildman–Crippen MR) is 61.8 cm³/mol. The van der Waals surface area contributed by atoms with Gasteiger partial charge in [0, 0.05) is 18.1 Å². The lowest BCUT2D eigenvalue weighted by molar-refractivity contribution is -0.384. The van der Waals surface area contributed by atoms with Gasteiger partial charge in [0.2, 0.25) is 0 Å². The average Bonchev–Trinajstić information content (AvgIpc) is 2.26. The van der Waals surface area contributed by atoms with Gasteiger partial charge in [-0.25, -0.2) is 0 Å². The van der Waals surface area contributed by atoms with E-state index in [1.807, 2.05) is 6.92 Å². The van der Waals surface area contributed by atoms with E-state index >= 15 is 0 Å². The van der Waals surface area contributed by atoms with Crippen molar-refractivity contribution < 1.29 is 9.66 Å². The molecular formula is C10H13ClN2O3. The summed E-state index contributed by atoms with van der Waals surface area (Å²) in [6.07, 6.45) is 0. The molecule has 0 fully saturated rings. The number of nitrogens with two attached hydrogens (primary N) is 1. The third-order valence-corrected chi connectivity index (χ3v) is 2.35. The molecule has 1 aromatic carbocycles. The maximum atomic E-state index is 10.5. The van der Waals surface area contributed by atoms with Gasteiger partial charge in [-0.3, -0.25) is 10.1 Å². The zero-order valence-electron chi connectivity index (χ0n) is 8.85. The SMILES string of the molecule is CC(CN)COc1ccc([N+](=O)[O-])cc1Cl. The molecule has 0 aromatic heterocycles. The third kappa shape index (κ3) is 3.36. The lowest BCUT2D eigenvalue weighted by atomic mass is 10.2. The molecule has 16 heavy (non-hydrogen) atoms. The molecule has 1 unspecified atom stereocenters. The van der Waals surface area contributed by atoms with E-state index < -0.39 is 4.92 Å². The number of nitrogens with zero attached hydrogens (tertiary/aromatic N) is 1. The summed E-state index contributed by atoms with van der Waals surface area (Å²) >= 11 is 5.84.